The number of hydrogen-bond acceptors (Lipinski definition) is 6. The first kappa shape index (κ1) is 24.2. The highest BCUT2D eigenvalue weighted by molar-refractivity contribution is 6.04. The van der Waals surface area contributed by atoms with Crippen molar-refractivity contribution in [1.29, 1.82) is 10.7 Å². The second kappa shape index (κ2) is 9.99. The molecule has 0 unspecified atom stereocenters. The third kappa shape index (κ3) is 4.54. The van der Waals surface area contributed by atoms with Crippen LogP contribution in [0.15, 0.2) is 36.4 Å². The Hall–Kier alpha value is -3.47. The van der Waals surface area contributed by atoms with Crippen LogP contribution < -0.4 is 5.73 Å². The SMILES string of the molecule is CC(C)(CC#N)c1c(-c2ccc(C=O)cc2)c2cc(N)c(C=N)cc2n1CC1COC1.CO. The van der Waals surface area contributed by atoms with Gasteiger partial charge in [0.2, 0.25) is 0 Å². The molecular formula is C26H30N4O3. The maximum Gasteiger partial charge on any atom is 0.150 e. The van der Waals surface area contributed by atoms with Gasteiger partial charge in [0.1, 0.15) is 6.29 Å². The number of nitrogens with two attached hydrogens (primary N) is 1. The van der Waals surface area contributed by atoms with E-state index in [1.54, 1.807) is 0 Å². The fraction of sp³-hybridized carbons (Fsp3) is 0.346. The number of rotatable bonds is 7. The Morgan fingerprint density at radius 3 is 2.45 bits per heavy atom. The van der Waals surface area contributed by atoms with Crippen LogP contribution in [-0.4, -0.2) is 42.5 Å². The van der Waals surface area contributed by atoms with Crippen molar-refractivity contribution in [3.8, 4) is 17.2 Å². The number of fused-ring (bicyclic) bond motifs is 1. The van der Waals surface area contributed by atoms with Gasteiger partial charge in [0, 0.05) is 76.6 Å². The Morgan fingerprint density at radius 2 is 1.94 bits per heavy atom. The molecule has 0 bridgehead atoms. The van der Waals surface area contributed by atoms with Crippen molar-refractivity contribution in [2.45, 2.75) is 32.2 Å². The number of carbonyl (C=O) groups excluding carboxylic acids is 1. The number of nitrogens with zero attached hydrogens (tertiary/aromatic N) is 2. The second-order valence-electron chi connectivity index (χ2n) is 8.84. The van der Waals surface area contributed by atoms with Crippen LogP contribution in [-0.2, 0) is 16.7 Å². The van der Waals surface area contributed by atoms with E-state index in [0.717, 1.165) is 47.7 Å². The lowest BCUT2D eigenvalue weighted by Crippen LogP contribution is -2.33. The summed E-state index contributed by atoms with van der Waals surface area (Å²) in [6.45, 7) is 6.38. The number of aliphatic hydroxyl groups excluding tert-OH is 1. The summed E-state index contributed by atoms with van der Waals surface area (Å²) in [5, 5.41) is 25.3. The predicted molar refractivity (Wildman–Crippen MR) is 131 cm³/mol. The molecule has 0 spiro atoms. The average molecular weight is 447 g/mol. The molecule has 4 rings (SSSR count). The summed E-state index contributed by atoms with van der Waals surface area (Å²) in [4.78, 5) is 11.2. The minimum absolute atomic E-state index is 0.358. The number of aliphatic hydroxyl groups is 1. The zero-order valence-electron chi connectivity index (χ0n) is 19.3. The molecule has 33 heavy (non-hydrogen) atoms. The van der Waals surface area contributed by atoms with Gasteiger partial charge in [-0.15, -0.1) is 0 Å². The van der Waals surface area contributed by atoms with Gasteiger partial charge in [0.15, 0.2) is 0 Å². The summed E-state index contributed by atoms with van der Waals surface area (Å²) in [7, 11) is 1.00. The highest BCUT2D eigenvalue weighted by atomic mass is 16.5. The molecule has 0 radical (unpaired) electrons. The van der Waals surface area contributed by atoms with Crippen LogP contribution in [0.5, 0.6) is 0 Å². The van der Waals surface area contributed by atoms with E-state index in [-0.39, 0.29) is 0 Å². The van der Waals surface area contributed by atoms with Crippen LogP contribution >= 0.6 is 0 Å². The van der Waals surface area contributed by atoms with Gasteiger partial charge in [-0.3, -0.25) is 4.79 Å². The normalized spacial score (nSPS) is 13.5. The van der Waals surface area contributed by atoms with Crippen molar-refractivity contribution in [2.75, 3.05) is 26.1 Å². The monoisotopic (exact) mass is 446 g/mol. The number of carbonyl (C=O) groups is 1. The van der Waals surface area contributed by atoms with Crippen LogP contribution in [0.4, 0.5) is 5.69 Å². The molecule has 7 heteroatoms. The minimum atomic E-state index is -0.420. The molecule has 0 atom stereocenters. The molecule has 0 saturated carbocycles. The number of nitrogen functional groups attached to an aromatic ring is 1. The minimum Gasteiger partial charge on any atom is -0.400 e. The van der Waals surface area contributed by atoms with E-state index in [0.29, 0.717) is 42.4 Å². The highest BCUT2D eigenvalue weighted by Gasteiger charge is 2.33. The van der Waals surface area contributed by atoms with Gasteiger partial charge in [-0.2, -0.15) is 5.26 Å². The fourth-order valence-electron chi connectivity index (χ4n) is 4.40. The quantitative estimate of drug-likeness (QED) is 0.286. The van der Waals surface area contributed by atoms with Gasteiger partial charge in [0.05, 0.1) is 19.3 Å². The van der Waals surface area contributed by atoms with Gasteiger partial charge in [-0.05, 0) is 17.7 Å². The summed E-state index contributed by atoms with van der Waals surface area (Å²) >= 11 is 0. The Kier molecular flexibility index (Phi) is 7.32. The Balaban J connectivity index is 0.00000149. The highest BCUT2D eigenvalue weighted by Crippen LogP contribution is 2.44. The van der Waals surface area contributed by atoms with E-state index in [2.05, 4.69) is 24.5 Å². The zero-order valence-corrected chi connectivity index (χ0v) is 19.3. The number of nitrogens with one attached hydrogen (secondary N) is 1. The summed E-state index contributed by atoms with van der Waals surface area (Å²) in [6, 6.07) is 13.7. The molecule has 7 nitrogen and oxygen atoms in total. The molecule has 0 amide bonds. The summed E-state index contributed by atoms with van der Waals surface area (Å²) in [6.07, 6.45) is 2.46. The van der Waals surface area contributed by atoms with Crippen molar-refractivity contribution >= 4 is 29.1 Å². The number of aromatic nitrogens is 1. The van der Waals surface area contributed by atoms with Crippen LogP contribution in [0.2, 0.25) is 0 Å². The first-order valence-electron chi connectivity index (χ1n) is 10.8. The van der Waals surface area contributed by atoms with E-state index in [9.17, 15) is 10.1 Å². The molecule has 1 aliphatic rings. The lowest BCUT2D eigenvalue weighted by Gasteiger charge is -2.31. The van der Waals surface area contributed by atoms with Gasteiger partial charge < -0.3 is 25.6 Å². The summed E-state index contributed by atoms with van der Waals surface area (Å²) in [5.41, 5.74) is 11.7. The maximum absolute atomic E-state index is 11.2. The fourth-order valence-corrected chi connectivity index (χ4v) is 4.40. The van der Waals surface area contributed by atoms with E-state index in [1.165, 1.54) is 6.21 Å². The maximum atomic E-state index is 11.2. The van der Waals surface area contributed by atoms with Crippen LogP contribution in [0.25, 0.3) is 22.0 Å². The van der Waals surface area contributed by atoms with Gasteiger partial charge >= 0.3 is 0 Å². The molecule has 0 aliphatic carbocycles. The molecule has 1 saturated heterocycles. The molecule has 1 aromatic heterocycles. The average Bonchev–Trinajstić information content (AvgIpc) is 3.10. The summed E-state index contributed by atoms with van der Waals surface area (Å²) < 4.78 is 7.71. The van der Waals surface area contributed by atoms with Gasteiger partial charge in [-0.1, -0.05) is 38.1 Å². The number of anilines is 1. The van der Waals surface area contributed by atoms with Crippen molar-refractivity contribution in [1.82, 2.24) is 4.57 Å². The lowest BCUT2D eigenvalue weighted by molar-refractivity contribution is -0.0393. The first-order chi connectivity index (χ1) is 15.9. The Morgan fingerprint density at radius 1 is 1.27 bits per heavy atom. The van der Waals surface area contributed by atoms with Gasteiger partial charge in [-0.25, -0.2) is 0 Å². The van der Waals surface area contributed by atoms with E-state index >= 15 is 0 Å². The van der Waals surface area contributed by atoms with E-state index in [1.807, 2.05) is 36.4 Å². The Bertz CT molecular complexity index is 1200. The van der Waals surface area contributed by atoms with Crippen molar-refractivity contribution in [3.63, 3.8) is 0 Å². The molecule has 1 fully saturated rings. The summed E-state index contributed by atoms with van der Waals surface area (Å²) in [5.74, 6) is 0.401. The van der Waals surface area contributed by atoms with Crippen molar-refractivity contribution in [3.05, 3.63) is 53.2 Å². The number of nitriles is 1. The Labute approximate surface area is 193 Å². The number of aldehydes is 1. The van der Waals surface area contributed by atoms with Crippen LogP contribution in [0.1, 0.15) is 41.9 Å². The van der Waals surface area contributed by atoms with Crippen LogP contribution in [0.3, 0.4) is 0 Å². The first-order valence-corrected chi connectivity index (χ1v) is 10.8. The molecule has 2 heterocycles. The van der Waals surface area contributed by atoms with E-state index < -0.39 is 5.41 Å². The van der Waals surface area contributed by atoms with Crippen molar-refractivity contribution in [2.24, 2.45) is 5.92 Å². The molecule has 3 aromatic rings. The standard InChI is InChI=1S/C25H26N4O2.CH4O/c1-25(2,7-8-26)24-23(18-5-3-16(13-30)4-6-18)20-10-21(28)19(11-27)9-22(20)29(24)12-17-14-31-15-17;1-2/h3-6,9-11,13,17,27H,7,12,14-15,28H2,1-2H3;2H,1H3. The lowest BCUT2D eigenvalue weighted by atomic mass is 9.81. The number of benzene rings is 2. The topological polar surface area (TPSA) is 125 Å². The molecule has 2 aromatic carbocycles. The molecular weight excluding hydrogens is 416 g/mol. The smallest absolute Gasteiger partial charge is 0.150 e. The van der Waals surface area contributed by atoms with E-state index in [4.69, 9.17) is 21.0 Å². The third-order valence-corrected chi connectivity index (χ3v) is 6.07. The molecule has 4 N–H and O–H groups in total. The predicted octanol–water partition coefficient (Wildman–Crippen LogP) is 4.15. The van der Waals surface area contributed by atoms with Crippen molar-refractivity contribution < 1.29 is 14.6 Å². The molecule has 1 aliphatic heterocycles. The number of ether oxygens (including phenoxy) is 1. The number of hydrogen-bond donors (Lipinski definition) is 3. The zero-order chi connectivity index (χ0) is 24.2. The van der Waals surface area contributed by atoms with Gasteiger partial charge in [0.25, 0.3) is 0 Å². The second-order valence-corrected chi connectivity index (χ2v) is 8.84. The third-order valence-electron chi connectivity index (χ3n) is 6.07. The van der Waals surface area contributed by atoms with Crippen LogP contribution in [0, 0.1) is 22.7 Å². The largest absolute Gasteiger partial charge is 0.400 e. The molecule has 172 valence electrons.